The Bertz CT molecular complexity index is 624. The highest BCUT2D eigenvalue weighted by atomic mass is 16.6. The Morgan fingerprint density at radius 1 is 1.11 bits per heavy atom. The second kappa shape index (κ2) is 9.27. The molecule has 1 atom stereocenters. The topological polar surface area (TPSA) is 58.8 Å². The molecular weight excluding hydrogens is 350 g/mol. The molecule has 2 aliphatic rings. The fraction of sp³-hybridized carbons (Fsp3) is 0.696. The van der Waals surface area contributed by atoms with Crippen molar-refractivity contribution in [1.29, 1.82) is 0 Å². The molecule has 1 unspecified atom stereocenters. The number of ether oxygens (including phenoxy) is 1. The van der Waals surface area contributed by atoms with E-state index < -0.39 is 5.60 Å². The largest absolute Gasteiger partial charge is 0.444 e. The third-order valence-corrected chi connectivity index (χ3v) is 6.04. The van der Waals surface area contributed by atoms with E-state index in [0.717, 1.165) is 32.1 Å². The Morgan fingerprint density at radius 3 is 2.25 bits per heavy atom. The van der Waals surface area contributed by atoms with Gasteiger partial charge in [0.15, 0.2) is 0 Å². The molecule has 1 saturated heterocycles. The maximum atomic E-state index is 12.4. The average molecular weight is 388 g/mol. The number of carbonyl (C=O) groups excluding carboxylic acids is 1. The standard InChI is InChI=1S/C23H37N3O2/c1-23(2,3)28-22(27)26-14-12-25(13-15-26)21(16-18-6-4-5-7-18)20-10-8-19(17-24)9-11-20/h8-11,18,21H,4-7,12-17,24H2,1-3H3. The number of hydrogen-bond acceptors (Lipinski definition) is 4. The first-order chi connectivity index (χ1) is 13.4. The van der Waals surface area contributed by atoms with Crippen LogP contribution >= 0.6 is 0 Å². The summed E-state index contributed by atoms with van der Waals surface area (Å²) in [6, 6.07) is 9.25. The molecule has 28 heavy (non-hydrogen) atoms. The Hall–Kier alpha value is -1.59. The molecule has 0 radical (unpaired) electrons. The van der Waals surface area contributed by atoms with Gasteiger partial charge in [0, 0.05) is 38.8 Å². The smallest absolute Gasteiger partial charge is 0.410 e. The fourth-order valence-corrected chi connectivity index (χ4v) is 4.48. The number of piperazine rings is 1. The van der Waals surface area contributed by atoms with Crippen molar-refractivity contribution in [3.05, 3.63) is 35.4 Å². The van der Waals surface area contributed by atoms with Crippen LogP contribution in [0.25, 0.3) is 0 Å². The second-order valence-electron chi connectivity index (χ2n) is 9.35. The molecule has 1 aromatic carbocycles. The van der Waals surface area contributed by atoms with Crippen LogP contribution in [0.4, 0.5) is 4.79 Å². The lowest BCUT2D eigenvalue weighted by molar-refractivity contribution is 0.00884. The molecule has 1 heterocycles. The molecule has 0 bridgehead atoms. The van der Waals surface area contributed by atoms with Gasteiger partial charge in [0.1, 0.15) is 5.60 Å². The highest BCUT2D eigenvalue weighted by Crippen LogP contribution is 2.36. The van der Waals surface area contributed by atoms with Gasteiger partial charge in [-0.2, -0.15) is 0 Å². The zero-order valence-electron chi connectivity index (χ0n) is 17.8. The summed E-state index contributed by atoms with van der Waals surface area (Å²) >= 11 is 0. The number of benzene rings is 1. The van der Waals surface area contributed by atoms with Crippen molar-refractivity contribution in [2.45, 2.75) is 71.1 Å². The minimum atomic E-state index is -0.441. The van der Waals surface area contributed by atoms with Crippen LogP contribution in [0.5, 0.6) is 0 Å². The molecule has 2 N–H and O–H groups in total. The average Bonchev–Trinajstić information content (AvgIpc) is 3.18. The van der Waals surface area contributed by atoms with Gasteiger partial charge in [0.25, 0.3) is 0 Å². The first-order valence-electron chi connectivity index (χ1n) is 10.9. The molecular formula is C23H37N3O2. The van der Waals surface area contributed by atoms with Gasteiger partial charge in [-0.25, -0.2) is 4.79 Å². The van der Waals surface area contributed by atoms with E-state index in [1.54, 1.807) is 0 Å². The van der Waals surface area contributed by atoms with Crippen molar-refractivity contribution in [1.82, 2.24) is 9.80 Å². The zero-order valence-corrected chi connectivity index (χ0v) is 17.8. The van der Waals surface area contributed by atoms with Gasteiger partial charge in [-0.1, -0.05) is 49.9 Å². The van der Waals surface area contributed by atoms with Crippen molar-refractivity contribution >= 4 is 6.09 Å². The fourth-order valence-electron chi connectivity index (χ4n) is 4.48. The lowest BCUT2D eigenvalue weighted by atomic mass is 9.91. The van der Waals surface area contributed by atoms with E-state index in [1.807, 2.05) is 25.7 Å². The van der Waals surface area contributed by atoms with E-state index in [0.29, 0.717) is 12.6 Å². The third kappa shape index (κ3) is 5.71. The van der Waals surface area contributed by atoms with Gasteiger partial charge < -0.3 is 15.4 Å². The summed E-state index contributed by atoms with van der Waals surface area (Å²) < 4.78 is 5.55. The first-order valence-corrected chi connectivity index (χ1v) is 10.9. The van der Waals surface area contributed by atoms with Crippen LogP contribution in [0.1, 0.15) is 70.0 Å². The van der Waals surface area contributed by atoms with E-state index >= 15 is 0 Å². The predicted molar refractivity (Wildman–Crippen MR) is 113 cm³/mol. The Morgan fingerprint density at radius 2 is 1.71 bits per heavy atom. The highest BCUT2D eigenvalue weighted by Gasteiger charge is 2.31. The zero-order chi connectivity index (χ0) is 20.1. The molecule has 1 saturated carbocycles. The lowest BCUT2D eigenvalue weighted by Crippen LogP contribution is -2.51. The highest BCUT2D eigenvalue weighted by molar-refractivity contribution is 5.68. The van der Waals surface area contributed by atoms with Gasteiger partial charge in [0.05, 0.1) is 0 Å². The number of rotatable bonds is 5. The number of nitrogens with zero attached hydrogens (tertiary/aromatic N) is 2. The summed E-state index contributed by atoms with van der Waals surface area (Å²) in [7, 11) is 0. The van der Waals surface area contributed by atoms with Gasteiger partial charge in [0.2, 0.25) is 0 Å². The van der Waals surface area contributed by atoms with Crippen LogP contribution in [0.3, 0.4) is 0 Å². The molecule has 0 aromatic heterocycles. The molecule has 2 fully saturated rings. The minimum absolute atomic E-state index is 0.188. The van der Waals surface area contributed by atoms with Crippen LogP contribution in [-0.2, 0) is 11.3 Å². The Kier molecular flexibility index (Phi) is 7.00. The van der Waals surface area contributed by atoms with Gasteiger partial charge in [-0.3, -0.25) is 4.90 Å². The van der Waals surface area contributed by atoms with Gasteiger partial charge in [-0.05, 0) is 44.2 Å². The van der Waals surface area contributed by atoms with Crippen molar-refractivity contribution in [2.75, 3.05) is 26.2 Å². The summed E-state index contributed by atoms with van der Waals surface area (Å²) in [5, 5.41) is 0. The number of amides is 1. The summed E-state index contributed by atoms with van der Waals surface area (Å²) in [5.41, 5.74) is 7.90. The molecule has 1 aliphatic heterocycles. The SMILES string of the molecule is CC(C)(C)OC(=O)N1CCN(C(CC2CCCC2)c2ccc(CN)cc2)CC1. The molecule has 156 valence electrons. The van der Waals surface area contributed by atoms with Crippen molar-refractivity contribution in [3.63, 3.8) is 0 Å². The minimum Gasteiger partial charge on any atom is -0.444 e. The van der Waals surface area contributed by atoms with Gasteiger partial charge in [-0.15, -0.1) is 0 Å². The molecule has 5 nitrogen and oxygen atoms in total. The van der Waals surface area contributed by atoms with E-state index in [-0.39, 0.29) is 6.09 Å². The monoisotopic (exact) mass is 387 g/mol. The van der Waals surface area contributed by atoms with Gasteiger partial charge >= 0.3 is 6.09 Å². The molecule has 1 aromatic rings. The normalized spacial score (nSPS) is 20.4. The maximum Gasteiger partial charge on any atom is 0.410 e. The van der Waals surface area contributed by atoms with Crippen LogP contribution in [0.2, 0.25) is 0 Å². The van der Waals surface area contributed by atoms with Crippen LogP contribution in [-0.4, -0.2) is 47.7 Å². The predicted octanol–water partition coefficient (Wildman–Crippen LogP) is 4.32. The molecule has 1 aliphatic carbocycles. The van der Waals surface area contributed by atoms with Crippen LogP contribution in [0, 0.1) is 5.92 Å². The second-order valence-corrected chi connectivity index (χ2v) is 9.35. The quantitative estimate of drug-likeness (QED) is 0.817. The van der Waals surface area contributed by atoms with E-state index in [2.05, 4.69) is 29.2 Å². The van der Waals surface area contributed by atoms with Crippen molar-refractivity contribution in [2.24, 2.45) is 11.7 Å². The molecule has 1 amide bonds. The van der Waals surface area contributed by atoms with Crippen LogP contribution < -0.4 is 5.73 Å². The van der Waals surface area contributed by atoms with Crippen LogP contribution in [0.15, 0.2) is 24.3 Å². The van der Waals surface area contributed by atoms with Crippen molar-refractivity contribution < 1.29 is 9.53 Å². The summed E-state index contributed by atoms with van der Waals surface area (Å²) in [4.78, 5) is 16.8. The number of nitrogens with two attached hydrogens (primary N) is 1. The molecule has 3 rings (SSSR count). The lowest BCUT2D eigenvalue weighted by Gasteiger charge is -2.40. The summed E-state index contributed by atoms with van der Waals surface area (Å²) in [6.07, 6.45) is 6.48. The third-order valence-electron chi connectivity index (χ3n) is 6.04. The van der Waals surface area contributed by atoms with E-state index in [1.165, 1.54) is 43.2 Å². The first kappa shape index (κ1) is 21.1. The summed E-state index contributed by atoms with van der Waals surface area (Å²) in [5.74, 6) is 0.822. The summed E-state index contributed by atoms with van der Waals surface area (Å²) in [6.45, 7) is 9.61. The number of hydrogen-bond donors (Lipinski definition) is 1. The maximum absolute atomic E-state index is 12.4. The van der Waals surface area contributed by atoms with E-state index in [9.17, 15) is 4.79 Å². The molecule has 0 spiro atoms. The Balaban J connectivity index is 1.66. The number of carbonyl (C=O) groups is 1. The Labute approximate surface area is 170 Å². The van der Waals surface area contributed by atoms with E-state index in [4.69, 9.17) is 10.5 Å². The van der Waals surface area contributed by atoms with Crippen molar-refractivity contribution in [3.8, 4) is 0 Å². The molecule has 5 heteroatoms.